The summed E-state index contributed by atoms with van der Waals surface area (Å²) in [5, 5.41) is 12.1. The van der Waals surface area contributed by atoms with Gasteiger partial charge in [0.15, 0.2) is 0 Å². The molecular weight excluding hydrogens is 248 g/mol. The molecule has 2 atom stereocenters. The second kappa shape index (κ2) is 6.04. The molecule has 1 rings (SSSR count). The van der Waals surface area contributed by atoms with Crippen LogP contribution in [0.1, 0.15) is 39.5 Å². The van der Waals surface area contributed by atoms with E-state index in [9.17, 15) is 19.5 Å². The van der Waals surface area contributed by atoms with Gasteiger partial charge in [0.2, 0.25) is 11.8 Å². The van der Waals surface area contributed by atoms with E-state index in [4.69, 9.17) is 0 Å². The fraction of sp³-hybridized carbons (Fsp3) is 0.769. The maximum atomic E-state index is 11.8. The summed E-state index contributed by atoms with van der Waals surface area (Å²) in [7, 11) is 1.54. The van der Waals surface area contributed by atoms with E-state index in [1.165, 1.54) is 11.8 Å². The second-order valence-corrected chi connectivity index (χ2v) is 5.46. The maximum absolute atomic E-state index is 11.8. The number of aliphatic carboxylic acids is 1. The molecule has 0 aromatic carbocycles. The van der Waals surface area contributed by atoms with Crippen LogP contribution in [0.25, 0.3) is 0 Å². The fourth-order valence-corrected chi connectivity index (χ4v) is 2.39. The summed E-state index contributed by atoms with van der Waals surface area (Å²) in [4.78, 5) is 35.6. The van der Waals surface area contributed by atoms with Gasteiger partial charge in [-0.2, -0.15) is 0 Å². The van der Waals surface area contributed by atoms with Gasteiger partial charge in [0.25, 0.3) is 0 Å². The Balaban J connectivity index is 2.65. The highest BCUT2D eigenvalue weighted by Crippen LogP contribution is 2.36. The first kappa shape index (κ1) is 15.5. The lowest BCUT2D eigenvalue weighted by Crippen LogP contribution is -2.53. The molecular formula is C13H22N2O4. The Hall–Kier alpha value is -1.59. The van der Waals surface area contributed by atoms with Crippen molar-refractivity contribution in [3.05, 3.63) is 0 Å². The Kier molecular flexibility index (Phi) is 4.91. The third-order valence-electron chi connectivity index (χ3n) is 3.95. The van der Waals surface area contributed by atoms with Crippen molar-refractivity contribution in [3.8, 4) is 0 Å². The summed E-state index contributed by atoms with van der Waals surface area (Å²) in [6, 6.07) is -0.369. The zero-order chi connectivity index (χ0) is 14.6. The third-order valence-corrected chi connectivity index (χ3v) is 3.95. The molecule has 0 aliphatic heterocycles. The van der Waals surface area contributed by atoms with Gasteiger partial charge < -0.3 is 15.3 Å². The van der Waals surface area contributed by atoms with Gasteiger partial charge in [0.05, 0.1) is 12.0 Å². The molecule has 1 fully saturated rings. The van der Waals surface area contributed by atoms with E-state index < -0.39 is 11.4 Å². The average molecular weight is 270 g/mol. The lowest BCUT2D eigenvalue weighted by atomic mass is 9.71. The van der Waals surface area contributed by atoms with Crippen molar-refractivity contribution in [2.24, 2.45) is 5.41 Å². The number of carboxylic acids is 1. The molecule has 2 amide bonds. The highest BCUT2D eigenvalue weighted by molar-refractivity contribution is 5.84. The Bertz CT molecular complexity index is 383. The predicted molar refractivity (Wildman–Crippen MR) is 69.5 cm³/mol. The minimum atomic E-state index is -0.914. The SMILES string of the molecule is CC(=O)N(C)CC(=O)NC1CCCCC1(C)C(=O)O. The summed E-state index contributed by atoms with van der Waals surface area (Å²) in [6.07, 6.45) is 3.01. The fourth-order valence-electron chi connectivity index (χ4n) is 2.39. The summed E-state index contributed by atoms with van der Waals surface area (Å²) >= 11 is 0. The van der Waals surface area contributed by atoms with Crippen molar-refractivity contribution >= 4 is 17.8 Å². The summed E-state index contributed by atoms with van der Waals surface area (Å²) in [5.41, 5.74) is -0.914. The van der Waals surface area contributed by atoms with E-state index in [1.807, 2.05) is 0 Å². The van der Waals surface area contributed by atoms with Crippen molar-refractivity contribution in [1.82, 2.24) is 10.2 Å². The first-order valence-corrected chi connectivity index (χ1v) is 6.52. The molecule has 6 nitrogen and oxygen atoms in total. The summed E-state index contributed by atoms with van der Waals surface area (Å²) in [6.45, 7) is 3.02. The first-order valence-electron chi connectivity index (χ1n) is 6.52. The first-order chi connectivity index (χ1) is 8.77. The zero-order valence-electron chi connectivity index (χ0n) is 11.7. The van der Waals surface area contributed by atoms with Gasteiger partial charge in [0, 0.05) is 20.0 Å². The predicted octanol–water partition coefficient (Wildman–Crippen LogP) is 0.614. The largest absolute Gasteiger partial charge is 0.481 e. The number of likely N-dealkylation sites (N-methyl/N-ethyl adjacent to an activating group) is 1. The van der Waals surface area contributed by atoms with Crippen LogP contribution >= 0.6 is 0 Å². The van der Waals surface area contributed by atoms with Crippen LogP contribution in [0.3, 0.4) is 0 Å². The molecule has 0 aromatic rings. The topological polar surface area (TPSA) is 86.7 Å². The molecule has 0 aromatic heterocycles. The highest BCUT2D eigenvalue weighted by Gasteiger charge is 2.43. The van der Waals surface area contributed by atoms with Gasteiger partial charge in [-0.1, -0.05) is 12.8 Å². The van der Waals surface area contributed by atoms with Crippen LogP contribution in [0.5, 0.6) is 0 Å². The van der Waals surface area contributed by atoms with E-state index in [-0.39, 0.29) is 24.4 Å². The van der Waals surface area contributed by atoms with Gasteiger partial charge >= 0.3 is 5.97 Å². The molecule has 0 saturated heterocycles. The molecule has 2 unspecified atom stereocenters. The van der Waals surface area contributed by atoms with Crippen LogP contribution in [0, 0.1) is 5.41 Å². The molecule has 1 aliphatic carbocycles. The van der Waals surface area contributed by atoms with E-state index in [2.05, 4.69) is 5.32 Å². The molecule has 19 heavy (non-hydrogen) atoms. The van der Waals surface area contributed by atoms with Crippen molar-refractivity contribution in [1.29, 1.82) is 0 Å². The normalized spacial score (nSPS) is 26.6. The van der Waals surface area contributed by atoms with Gasteiger partial charge in [-0.15, -0.1) is 0 Å². The molecule has 0 radical (unpaired) electrons. The van der Waals surface area contributed by atoms with Crippen molar-refractivity contribution < 1.29 is 19.5 Å². The number of amides is 2. The number of hydrogen-bond acceptors (Lipinski definition) is 3. The Labute approximate surface area is 113 Å². The third kappa shape index (κ3) is 3.68. The number of rotatable bonds is 4. The van der Waals surface area contributed by atoms with Crippen LogP contribution in [0.2, 0.25) is 0 Å². The average Bonchev–Trinajstić information content (AvgIpc) is 2.31. The standard InChI is InChI=1S/C13H22N2O4/c1-9(16)15(3)8-11(17)14-10-6-4-5-7-13(10,2)12(18)19/h10H,4-8H2,1-3H3,(H,14,17)(H,18,19). The van der Waals surface area contributed by atoms with E-state index in [1.54, 1.807) is 14.0 Å². The summed E-state index contributed by atoms with van der Waals surface area (Å²) < 4.78 is 0. The van der Waals surface area contributed by atoms with Gasteiger partial charge in [0.1, 0.15) is 0 Å². The van der Waals surface area contributed by atoms with Crippen LogP contribution in [-0.4, -0.2) is 47.4 Å². The maximum Gasteiger partial charge on any atom is 0.311 e. The monoisotopic (exact) mass is 270 g/mol. The lowest BCUT2D eigenvalue weighted by molar-refractivity contribution is -0.152. The molecule has 0 bridgehead atoms. The zero-order valence-corrected chi connectivity index (χ0v) is 11.7. The number of carbonyl (C=O) groups excluding carboxylic acids is 2. The lowest BCUT2D eigenvalue weighted by Gasteiger charge is -2.38. The van der Waals surface area contributed by atoms with E-state index >= 15 is 0 Å². The summed E-state index contributed by atoms with van der Waals surface area (Å²) in [5.74, 6) is -1.38. The van der Waals surface area contributed by atoms with Crippen molar-refractivity contribution in [2.75, 3.05) is 13.6 Å². The minimum Gasteiger partial charge on any atom is -0.481 e. The number of nitrogens with one attached hydrogen (secondary N) is 1. The quantitative estimate of drug-likeness (QED) is 0.783. The number of carboxylic acid groups (broad SMARTS) is 1. The number of hydrogen-bond donors (Lipinski definition) is 2. The van der Waals surface area contributed by atoms with Crippen LogP contribution in [0.15, 0.2) is 0 Å². The molecule has 0 spiro atoms. The Morgan fingerprint density at radius 3 is 2.53 bits per heavy atom. The van der Waals surface area contributed by atoms with Crippen molar-refractivity contribution in [3.63, 3.8) is 0 Å². The van der Waals surface area contributed by atoms with Gasteiger partial charge in [-0.25, -0.2) is 0 Å². The number of carbonyl (C=O) groups is 3. The van der Waals surface area contributed by atoms with E-state index in [0.717, 1.165) is 12.8 Å². The second-order valence-electron chi connectivity index (χ2n) is 5.46. The molecule has 2 N–H and O–H groups in total. The smallest absolute Gasteiger partial charge is 0.311 e. The van der Waals surface area contributed by atoms with Gasteiger partial charge in [-0.05, 0) is 19.8 Å². The molecule has 108 valence electrons. The van der Waals surface area contributed by atoms with Crippen LogP contribution in [0.4, 0.5) is 0 Å². The number of nitrogens with zero attached hydrogens (tertiary/aromatic N) is 1. The van der Waals surface area contributed by atoms with Crippen LogP contribution in [-0.2, 0) is 14.4 Å². The molecule has 1 saturated carbocycles. The minimum absolute atomic E-state index is 0.0401. The molecule has 0 heterocycles. The van der Waals surface area contributed by atoms with Crippen molar-refractivity contribution in [2.45, 2.75) is 45.6 Å². The van der Waals surface area contributed by atoms with E-state index in [0.29, 0.717) is 12.8 Å². The van der Waals surface area contributed by atoms with Gasteiger partial charge in [-0.3, -0.25) is 14.4 Å². The molecule has 1 aliphatic rings. The highest BCUT2D eigenvalue weighted by atomic mass is 16.4. The molecule has 6 heteroatoms. The Morgan fingerprint density at radius 2 is 2.00 bits per heavy atom. The Morgan fingerprint density at radius 1 is 1.37 bits per heavy atom. The van der Waals surface area contributed by atoms with Crippen LogP contribution < -0.4 is 5.32 Å².